The summed E-state index contributed by atoms with van der Waals surface area (Å²) in [5, 5.41) is 3.95. The smallest absolute Gasteiger partial charge is 0.227 e. The van der Waals surface area contributed by atoms with Crippen LogP contribution in [0.3, 0.4) is 0 Å². The minimum Gasteiger partial charge on any atom is -0.496 e. The van der Waals surface area contributed by atoms with Gasteiger partial charge in [0.05, 0.1) is 7.11 Å². The van der Waals surface area contributed by atoms with E-state index in [1.165, 1.54) is 0 Å². The zero-order chi connectivity index (χ0) is 19.2. The van der Waals surface area contributed by atoms with Gasteiger partial charge in [-0.2, -0.15) is 4.98 Å². The van der Waals surface area contributed by atoms with Gasteiger partial charge in [0.25, 0.3) is 0 Å². The molecule has 0 bridgehead atoms. The topological polar surface area (TPSA) is 81.4 Å². The molecule has 0 saturated carbocycles. The predicted octanol–water partition coefficient (Wildman–Crippen LogP) is 3.49. The largest absolute Gasteiger partial charge is 0.496 e. The summed E-state index contributed by atoms with van der Waals surface area (Å²) >= 11 is 3.44. The molecule has 0 atom stereocenters. The number of halogens is 1. The fourth-order valence-corrected chi connectivity index (χ4v) is 3.00. The average Bonchev–Trinajstić information content (AvgIpc) is 3.16. The Hall–Kier alpha value is -2.74. The zero-order valence-corrected chi connectivity index (χ0v) is 16.6. The summed E-state index contributed by atoms with van der Waals surface area (Å²) in [5.74, 6) is 1.66. The average molecular weight is 431 g/mol. The van der Waals surface area contributed by atoms with Crippen molar-refractivity contribution in [2.45, 2.75) is 19.4 Å². The maximum absolute atomic E-state index is 12.5. The Labute approximate surface area is 165 Å². The van der Waals surface area contributed by atoms with Crippen LogP contribution in [0.5, 0.6) is 5.75 Å². The molecule has 0 aliphatic carbocycles. The molecule has 0 saturated heterocycles. The van der Waals surface area contributed by atoms with Gasteiger partial charge in [-0.05, 0) is 30.3 Å². The van der Waals surface area contributed by atoms with Gasteiger partial charge in [-0.3, -0.25) is 9.78 Å². The van der Waals surface area contributed by atoms with Crippen LogP contribution in [0, 0.1) is 0 Å². The van der Waals surface area contributed by atoms with E-state index in [0.717, 1.165) is 21.3 Å². The minimum absolute atomic E-state index is 0.0133. The van der Waals surface area contributed by atoms with E-state index in [1.54, 1.807) is 43.6 Å². The molecule has 1 amide bonds. The van der Waals surface area contributed by atoms with Crippen LogP contribution in [0.2, 0.25) is 0 Å². The molecular weight excluding hydrogens is 412 g/mol. The van der Waals surface area contributed by atoms with E-state index in [-0.39, 0.29) is 12.3 Å². The number of pyridine rings is 1. The third kappa shape index (κ3) is 4.91. The van der Waals surface area contributed by atoms with Gasteiger partial charge < -0.3 is 14.2 Å². The van der Waals surface area contributed by atoms with Crippen LogP contribution in [-0.2, 0) is 17.8 Å². The Kier molecular flexibility index (Phi) is 6.18. The number of aryl methyl sites for hydroxylation is 1. The molecule has 7 nitrogen and oxygen atoms in total. The Bertz CT molecular complexity index is 914. The number of benzene rings is 1. The van der Waals surface area contributed by atoms with Gasteiger partial charge in [0.2, 0.25) is 17.6 Å². The maximum Gasteiger partial charge on any atom is 0.227 e. The molecule has 0 N–H and O–H groups in total. The number of hydrogen-bond donors (Lipinski definition) is 0. The standard InChI is InChI=1S/C19H19BrN4O3/c1-24(12-14-11-15(20)3-4-16(14)26-2)18(25)6-5-17-22-19(23-27-17)13-7-9-21-10-8-13/h3-4,7-11H,5-6,12H2,1-2H3. The van der Waals surface area contributed by atoms with E-state index in [0.29, 0.717) is 24.7 Å². The number of methoxy groups -OCH3 is 1. The van der Waals surface area contributed by atoms with Crippen molar-refractivity contribution in [3.05, 3.63) is 58.7 Å². The lowest BCUT2D eigenvalue weighted by molar-refractivity contribution is -0.130. The lowest BCUT2D eigenvalue weighted by atomic mass is 10.2. The molecule has 0 aliphatic heterocycles. The van der Waals surface area contributed by atoms with Gasteiger partial charge >= 0.3 is 0 Å². The molecule has 1 aromatic carbocycles. The molecule has 0 fully saturated rings. The SMILES string of the molecule is COc1ccc(Br)cc1CN(C)C(=O)CCc1nc(-c2ccncc2)no1. The Morgan fingerprint density at radius 3 is 2.78 bits per heavy atom. The number of rotatable bonds is 7. The highest BCUT2D eigenvalue weighted by Crippen LogP contribution is 2.24. The Balaban J connectivity index is 1.58. The first-order valence-electron chi connectivity index (χ1n) is 8.36. The van der Waals surface area contributed by atoms with Crippen molar-refractivity contribution >= 4 is 21.8 Å². The third-order valence-electron chi connectivity index (χ3n) is 4.04. The highest BCUT2D eigenvalue weighted by atomic mass is 79.9. The van der Waals surface area contributed by atoms with Crippen molar-refractivity contribution in [1.29, 1.82) is 0 Å². The van der Waals surface area contributed by atoms with Crippen molar-refractivity contribution in [2.24, 2.45) is 0 Å². The number of amides is 1. The van der Waals surface area contributed by atoms with E-state index >= 15 is 0 Å². The molecule has 8 heteroatoms. The van der Waals surface area contributed by atoms with Crippen LogP contribution in [-0.4, -0.2) is 40.1 Å². The molecule has 140 valence electrons. The fraction of sp³-hybridized carbons (Fsp3) is 0.263. The van der Waals surface area contributed by atoms with Crippen molar-refractivity contribution in [3.8, 4) is 17.1 Å². The van der Waals surface area contributed by atoms with Crippen molar-refractivity contribution in [2.75, 3.05) is 14.2 Å². The second kappa shape index (κ2) is 8.77. The monoisotopic (exact) mass is 430 g/mol. The highest BCUT2D eigenvalue weighted by Gasteiger charge is 2.15. The second-order valence-corrected chi connectivity index (χ2v) is 6.87. The van der Waals surface area contributed by atoms with Gasteiger partial charge in [-0.15, -0.1) is 0 Å². The predicted molar refractivity (Wildman–Crippen MR) is 103 cm³/mol. The Morgan fingerprint density at radius 2 is 2.04 bits per heavy atom. The minimum atomic E-state index is -0.0133. The van der Waals surface area contributed by atoms with Crippen LogP contribution in [0.25, 0.3) is 11.4 Å². The molecule has 0 radical (unpaired) electrons. The first-order chi connectivity index (χ1) is 13.1. The number of nitrogens with zero attached hydrogens (tertiary/aromatic N) is 4. The summed E-state index contributed by atoms with van der Waals surface area (Å²) < 4.78 is 11.5. The van der Waals surface area contributed by atoms with Crippen LogP contribution < -0.4 is 4.74 Å². The quantitative estimate of drug-likeness (QED) is 0.570. The fourth-order valence-electron chi connectivity index (χ4n) is 2.59. The number of hydrogen-bond acceptors (Lipinski definition) is 6. The highest BCUT2D eigenvalue weighted by molar-refractivity contribution is 9.10. The number of ether oxygens (including phenoxy) is 1. The van der Waals surface area contributed by atoms with Crippen molar-refractivity contribution in [3.63, 3.8) is 0 Å². The summed E-state index contributed by atoms with van der Waals surface area (Å²) in [4.78, 5) is 22.4. The van der Waals surface area contributed by atoms with Gasteiger partial charge in [0, 0.05) is 54.4 Å². The molecule has 0 spiro atoms. The summed E-state index contributed by atoms with van der Waals surface area (Å²) in [6.45, 7) is 0.452. The number of carbonyl (C=O) groups is 1. The molecule has 27 heavy (non-hydrogen) atoms. The van der Waals surface area contributed by atoms with Crippen LogP contribution in [0.15, 0.2) is 51.7 Å². The number of aromatic nitrogens is 3. The van der Waals surface area contributed by atoms with E-state index in [9.17, 15) is 4.79 Å². The van der Waals surface area contributed by atoms with E-state index < -0.39 is 0 Å². The molecular formula is C19H19BrN4O3. The first kappa shape index (κ1) is 19.0. The number of carbonyl (C=O) groups excluding carboxylic acids is 1. The lowest BCUT2D eigenvalue weighted by Crippen LogP contribution is -2.26. The van der Waals surface area contributed by atoms with Crippen LogP contribution in [0.1, 0.15) is 17.9 Å². The van der Waals surface area contributed by atoms with Crippen molar-refractivity contribution < 1.29 is 14.1 Å². The molecule has 0 aliphatic rings. The lowest BCUT2D eigenvalue weighted by Gasteiger charge is -2.18. The summed E-state index contributed by atoms with van der Waals surface area (Å²) in [6.07, 6.45) is 4.00. The summed E-state index contributed by atoms with van der Waals surface area (Å²) in [7, 11) is 3.38. The summed E-state index contributed by atoms with van der Waals surface area (Å²) in [6, 6.07) is 9.33. The van der Waals surface area contributed by atoms with E-state index in [1.807, 2.05) is 18.2 Å². The van der Waals surface area contributed by atoms with Crippen LogP contribution in [0.4, 0.5) is 0 Å². The van der Waals surface area contributed by atoms with E-state index in [4.69, 9.17) is 9.26 Å². The second-order valence-electron chi connectivity index (χ2n) is 5.95. The molecule has 0 unspecified atom stereocenters. The van der Waals surface area contributed by atoms with Gasteiger partial charge in [0.15, 0.2) is 0 Å². The van der Waals surface area contributed by atoms with Gasteiger partial charge in [-0.25, -0.2) is 0 Å². The van der Waals surface area contributed by atoms with E-state index in [2.05, 4.69) is 31.1 Å². The maximum atomic E-state index is 12.5. The zero-order valence-electron chi connectivity index (χ0n) is 15.1. The normalized spacial score (nSPS) is 10.6. The Morgan fingerprint density at radius 1 is 1.26 bits per heavy atom. The summed E-state index contributed by atoms with van der Waals surface area (Å²) in [5.41, 5.74) is 1.76. The first-order valence-corrected chi connectivity index (χ1v) is 9.15. The molecule has 3 rings (SSSR count). The molecule has 2 aromatic heterocycles. The third-order valence-corrected chi connectivity index (χ3v) is 4.53. The molecule has 3 aromatic rings. The van der Waals surface area contributed by atoms with Crippen LogP contribution >= 0.6 is 15.9 Å². The molecule has 2 heterocycles. The van der Waals surface area contributed by atoms with Gasteiger partial charge in [-0.1, -0.05) is 21.1 Å². The van der Waals surface area contributed by atoms with Crippen molar-refractivity contribution in [1.82, 2.24) is 20.0 Å². The van der Waals surface area contributed by atoms with Gasteiger partial charge in [0.1, 0.15) is 5.75 Å².